The number of rotatable bonds is 4. The maximum Gasteiger partial charge on any atom is 0.294 e. The van der Waals surface area contributed by atoms with Gasteiger partial charge in [0, 0.05) is 0 Å². The smallest absolute Gasteiger partial charge is 0.282 e. The van der Waals surface area contributed by atoms with E-state index < -0.39 is 10.1 Å². The van der Waals surface area contributed by atoms with Crippen LogP contribution in [0.15, 0.2) is 29.2 Å². The fourth-order valence-corrected chi connectivity index (χ4v) is 3.88. The highest BCUT2D eigenvalue weighted by Gasteiger charge is 2.21. The Morgan fingerprint density at radius 3 is 2.43 bits per heavy atom. The Morgan fingerprint density at radius 1 is 1.19 bits per heavy atom. The Hall–Kier alpha value is -1.39. The van der Waals surface area contributed by atoms with E-state index >= 15 is 0 Å². The summed E-state index contributed by atoms with van der Waals surface area (Å²) in [6.45, 7) is 7.98. The van der Waals surface area contributed by atoms with Gasteiger partial charge in [-0.1, -0.05) is 44.0 Å². The molecule has 2 aromatic rings. The van der Waals surface area contributed by atoms with Crippen LogP contribution < -0.4 is 0 Å². The zero-order valence-electron chi connectivity index (χ0n) is 13.0. The highest BCUT2D eigenvalue weighted by Crippen LogP contribution is 2.35. The molecule has 0 fully saturated rings. The van der Waals surface area contributed by atoms with Gasteiger partial charge < -0.3 is 0 Å². The van der Waals surface area contributed by atoms with Crippen LogP contribution in [0.25, 0.3) is 10.8 Å². The molecule has 4 heteroatoms. The van der Waals surface area contributed by atoms with Gasteiger partial charge in [0.1, 0.15) is 0 Å². The first-order valence-electron chi connectivity index (χ1n) is 7.27. The van der Waals surface area contributed by atoms with Crippen molar-refractivity contribution in [2.24, 2.45) is 0 Å². The van der Waals surface area contributed by atoms with Crippen LogP contribution in [-0.2, 0) is 10.1 Å². The molecule has 114 valence electrons. The van der Waals surface area contributed by atoms with Gasteiger partial charge >= 0.3 is 0 Å². The van der Waals surface area contributed by atoms with Gasteiger partial charge in [0.2, 0.25) is 0 Å². The normalized spacial score (nSPS) is 13.6. The molecular formula is C17H22O3S. The second-order valence-corrected chi connectivity index (χ2v) is 7.19. The lowest BCUT2D eigenvalue weighted by atomic mass is 9.88. The lowest BCUT2D eigenvalue weighted by Gasteiger charge is -2.19. The third-order valence-electron chi connectivity index (χ3n) is 4.05. The first-order valence-corrected chi connectivity index (χ1v) is 8.71. The predicted molar refractivity (Wildman–Crippen MR) is 86.6 cm³/mol. The SMILES string of the molecule is CCCC(C)c1c(C)c(S(=O)(=O)O)cc2cc(C)ccc12. The van der Waals surface area contributed by atoms with Crippen molar-refractivity contribution in [1.29, 1.82) is 0 Å². The van der Waals surface area contributed by atoms with Crippen LogP contribution in [0.1, 0.15) is 49.3 Å². The molecule has 0 aliphatic carbocycles. The zero-order valence-corrected chi connectivity index (χ0v) is 13.8. The van der Waals surface area contributed by atoms with Gasteiger partial charge in [0.25, 0.3) is 10.1 Å². The van der Waals surface area contributed by atoms with Crippen molar-refractivity contribution in [1.82, 2.24) is 0 Å². The molecule has 1 N–H and O–H groups in total. The molecule has 0 radical (unpaired) electrons. The van der Waals surface area contributed by atoms with Crippen molar-refractivity contribution in [3.63, 3.8) is 0 Å². The molecule has 1 atom stereocenters. The number of fused-ring (bicyclic) bond motifs is 1. The highest BCUT2D eigenvalue weighted by molar-refractivity contribution is 7.85. The summed E-state index contributed by atoms with van der Waals surface area (Å²) >= 11 is 0. The van der Waals surface area contributed by atoms with Gasteiger partial charge in [-0.2, -0.15) is 8.42 Å². The summed E-state index contributed by atoms with van der Waals surface area (Å²) in [7, 11) is -4.21. The second-order valence-electron chi connectivity index (χ2n) is 5.80. The summed E-state index contributed by atoms with van der Waals surface area (Å²) in [5.74, 6) is 0.252. The third kappa shape index (κ3) is 3.11. The fourth-order valence-electron chi connectivity index (χ4n) is 3.11. The average Bonchev–Trinajstić information content (AvgIpc) is 2.37. The molecule has 1 unspecified atom stereocenters. The molecule has 2 aromatic carbocycles. The Balaban J connectivity index is 2.88. The molecule has 0 amide bonds. The monoisotopic (exact) mass is 306 g/mol. The predicted octanol–water partition coefficient (Wildman–Crippen LogP) is 4.61. The van der Waals surface area contributed by atoms with Crippen molar-refractivity contribution < 1.29 is 13.0 Å². The number of aryl methyl sites for hydroxylation is 1. The van der Waals surface area contributed by atoms with E-state index in [9.17, 15) is 13.0 Å². The Morgan fingerprint density at radius 2 is 1.86 bits per heavy atom. The van der Waals surface area contributed by atoms with Gasteiger partial charge in [-0.05, 0) is 54.2 Å². The lowest BCUT2D eigenvalue weighted by molar-refractivity contribution is 0.482. The molecular weight excluding hydrogens is 284 g/mol. The molecule has 0 aliphatic rings. The van der Waals surface area contributed by atoms with Crippen molar-refractivity contribution in [3.05, 3.63) is 41.0 Å². The standard InChI is InChI=1S/C17H22O3S/c1-5-6-12(3)17-13(4)16(21(18,19)20)10-14-9-11(2)7-8-15(14)17/h7-10,12H,5-6H2,1-4H3,(H,18,19,20). The van der Waals surface area contributed by atoms with E-state index in [0.29, 0.717) is 5.56 Å². The van der Waals surface area contributed by atoms with Crippen LogP contribution in [0.2, 0.25) is 0 Å². The topological polar surface area (TPSA) is 54.4 Å². The van der Waals surface area contributed by atoms with E-state index in [-0.39, 0.29) is 10.8 Å². The van der Waals surface area contributed by atoms with E-state index in [1.807, 2.05) is 25.1 Å². The first-order chi connectivity index (χ1) is 9.75. The Kier molecular flexibility index (Phi) is 4.40. The third-order valence-corrected chi connectivity index (χ3v) is 5.03. The summed E-state index contributed by atoms with van der Waals surface area (Å²) in [5.41, 5.74) is 2.76. The van der Waals surface area contributed by atoms with Crippen molar-refractivity contribution >= 4 is 20.9 Å². The minimum Gasteiger partial charge on any atom is -0.282 e. The maximum atomic E-state index is 11.7. The summed E-state index contributed by atoms with van der Waals surface area (Å²) in [5, 5.41) is 1.94. The summed E-state index contributed by atoms with van der Waals surface area (Å²) in [6.07, 6.45) is 2.02. The molecule has 0 saturated carbocycles. The van der Waals surface area contributed by atoms with E-state index in [2.05, 4.69) is 13.8 Å². The number of hydrogen-bond donors (Lipinski definition) is 1. The minimum atomic E-state index is -4.21. The second kappa shape index (κ2) is 5.78. The largest absolute Gasteiger partial charge is 0.294 e. The van der Waals surface area contributed by atoms with Crippen molar-refractivity contribution in [2.45, 2.75) is 51.3 Å². The minimum absolute atomic E-state index is 0.0264. The molecule has 0 spiro atoms. The molecule has 0 heterocycles. The quantitative estimate of drug-likeness (QED) is 0.839. The first kappa shape index (κ1) is 16.0. The van der Waals surface area contributed by atoms with Gasteiger partial charge in [-0.15, -0.1) is 0 Å². The van der Waals surface area contributed by atoms with Crippen molar-refractivity contribution in [2.75, 3.05) is 0 Å². The molecule has 0 aromatic heterocycles. The van der Waals surface area contributed by atoms with Gasteiger partial charge in [-0.25, -0.2) is 0 Å². The van der Waals surface area contributed by atoms with Crippen LogP contribution in [-0.4, -0.2) is 13.0 Å². The van der Waals surface area contributed by atoms with Crippen LogP contribution in [0, 0.1) is 13.8 Å². The molecule has 2 rings (SSSR count). The highest BCUT2D eigenvalue weighted by atomic mass is 32.2. The summed E-state index contributed by atoms with van der Waals surface area (Å²) < 4.78 is 32.8. The van der Waals surface area contributed by atoms with E-state index in [0.717, 1.165) is 34.7 Å². The van der Waals surface area contributed by atoms with Crippen molar-refractivity contribution in [3.8, 4) is 0 Å². The van der Waals surface area contributed by atoms with Crippen LogP contribution in [0.4, 0.5) is 0 Å². The number of benzene rings is 2. The van der Waals surface area contributed by atoms with Crippen LogP contribution >= 0.6 is 0 Å². The lowest BCUT2D eigenvalue weighted by Crippen LogP contribution is -2.07. The van der Waals surface area contributed by atoms with E-state index in [1.54, 1.807) is 13.0 Å². The Bertz CT molecular complexity index is 776. The summed E-state index contributed by atoms with van der Waals surface area (Å²) in [4.78, 5) is 0.0264. The number of hydrogen-bond acceptors (Lipinski definition) is 2. The zero-order chi connectivity index (χ0) is 15.8. The average molecular weight is 306 g/mol. The summed E-state index contributed by atoms with van der Waals surface area (Å²) in [6, 6.07) is 7.63. The van der Waals surface area contributed by atoms with Gasteiger partial charge in [0.05, 0.1) is 4.90 Å². The Labute approximate surface area is 126 Å². The molecule has 0 aliphatic heterocycles. The molecule has 0 bridgehead atoms. The maximum absolute atomic E-state index is 11.7. The van der Waals surface area contributed by atoms with Gasteiger partial charge in [0.15, 0.2) is 0 Å². The molecule has 21 heavy (non-hydrogen) atoms. The van der Waals surface area contributed by atoms with Crippen LogP contribution in [0.5, 0.6) is 0 Å². The fraction of sp³-hybridized carbons (Fsp3) is 0.412. The van der Waals surface area contributed by atoms with Crippen LogP contribution in [0.3, 0.4) is 0 Å². The molecule has 0 saturated heterocycles. The molecule has 3 nitrogen and oxygen atoms in total. The van der Waals surface area contributed by atoms with Gasteiger partial charge in [-0.3, -0.25) is 4.55 Å². The van der Waals surface area contributed by atoms with E-state index in [4.69, 9.17) is 0 Å². The van der Waals surface area contributed by atoms with E-state index in [1.165, 1.54) is 0 Å².